The van der Waals surface area contributed by atoms with Gasteiger partial charge in [0.15, 0.2) is 0 Å². The molecule has 6 heteroatoms. The van der Waals surface area contributed by atoms with Crippen molar-refractivity contribution in [2.45, 2.75) is 18.9 Å². The Hall–Kier alpha value is -2.86. The van der Waals surface area contributed by atoms with Gasteiger partial charge in [-0.15, -0.1) is 11.3 Å². The van der Waals surface area contributed by atoms with Crippen molar-refractivity contribution >= 4 is 28.8 Å². The number of benzene rings is 1. The molecule has 4 rings (SSSR count). The summed E-state index contributed by atoms with van der Waals surface area (Å²) in [5.41, 5.74) is 2.40. The second-order valence-corrected chi connectivity index (χ2v) is 7.24. The summed E-state index contributed by atoms with van der Waals surface area (Å²) in [6, 6.07) is 14.8. The third-order valence-corrected chi connectivity index (χ3v) is 5.50. The SMILES string of the molecule is O=C(Nc1ccc(C(=O)N2CCC[C@H]2c2ccc[nH]2)cc1)c1cccs1. The van der Waals surface area contributed by atoms with Crippen LogP contribution in [0.2, 0.25) is 0 Å². The van der Waals surface area contributed by atoms with Crippen molar-refractivity contribution in [3.05, 3.63) is 76.2 Å². The van der Waals surface area contributed by atoms with Crippen molar-refractivity contribution in [3.8, 4) is 0 Å². The van der Waals surface area contributed by atoms with E-state index in [9.17, 15) is 9.59 Å². The van der Waals surface area contributed by atoms with Crippen LogP contribution < -0.4 is 5.32 Å². The highest BCUT2D eigenvalue weighted by Crippen LogP contribution is 2.32. The summed E-state index contributed by atoms with van der Waals surface area (Å²) in [4.78, 5) is 30.8. The summed E-state index contributed by atoms with van der Waals surface area (Å²) in [5.74, 6) is -0.108. The molecule has 1 saturated heterocycles. The molecule has 1 aromatic carbocycles. The molecule has 0 unspecified atom stereocenters. The number of carbonyl (C=O) groups is 2. The molecule has 0 saturated carbocycles. The van der Waals surface area contributed by atoms with Crippen molar-refractivity contribution in [1.82, 2.24) is 9.88 Å². The lowest BCUT2D eigenvalue weighted by molar-refractivity contribution is 0.0733. The van der Waals surface area contributed by atoms with Crippen molar-refractivity contribution in [3.63, 3.8) is 0 Å². The number of hydrogen-bond donors (Lipinski definition) is 2. The smallest absolute Gasteiger partial charge is 0.265 e. The molecule has 2 aromatic heterocycles. The van der Waals surface area contributed by atoms with Crippen LogP contribution in [0.25, 0.3) is 0 Å². The van der Waals surface area contributed by atoms with Crippen molar-refractivity contribution in [1.29, 1.82) is 0 Å². The molecule has 1 fully saturated rings. The summed E-state index contributed by atoms with van der Waals surface area (Å²) >= 11 is 1.40. The molecule has 0 bridgehead atoms. The fraction of sp³-hybridized carbons (Fsp3) is 0.200. The van der Waals surface area contributed by atoms with E-state index in [1.807, 2.05) is 34.7 Å². The van der Waals surface area contributed by atoms with E-state index >= 15 is 0 Å². The van der Waals surface area contributed by atoms with Crippen molar-refractivity contribution in [2.75, 3.05) is 11.9 Å². The largest absolute Gasteiger partial charge is 0.363 e. The first-order chi connectivity index (χ1) is 12.7. The number of anilines is 1. The van der Waals surface area contributed by atoms with Crippen LogP contribution in [0.5, 0.6) is 0 Å². The van der Waals surface area contributed by atoms with Gasteiger partial charge in [-0.1, -0.05) is 6.07 Å². The van der Waals surface area contributed by atoms with E-state index in [0.717, 1.165) is 25.1 Å². The number of H-pyrrole nitrogens is 1. The minimum atomic E-state index is -0.134. The molecule has 3 heterocycles. The molecule has 5 nitrogen and oxygen atoms in total. The maximum Gasteiger partial charge on any atom is 0.265 e. The highest BCUT2D eigenvalue weighted by molar-refractivity contribution is 7.12. The summed E-state index contributed by atoms with van der Waals surface area (Å²) in [6.45, 7) is 0.763. The Bertz CT molecular complexity index is 886. The van der Waals surface area contributed by atoms with Crippen LogP contribution >= 0.6 is 11.3 Å². The van der Waals surface area contributed by atoms with Crippen LogP contribution in [-0.2, 0) is 0 Å². The fourth-order valence-corrected chi connectivity index (χ4v) is 3.97. The number of likely N-dealkylation sites (tertiary alicyclic amines) is 1. The van der Waals surface area contributed by atoms with Crippen LogP contribution in [0, 0.1) is 0 Å². The van der Waals surface area contributed by atoms with E-state index in [1.54, 1.807) is 30.3 Å². The molecular weight excluding hydrogens is 346 g/mol. The van der Waals surface area contributed by atoms with E-state index < -0.39 is 0 Å². The Labute approximate surface area is 155 Å². The number of thiophene rings is 1. The molecule has 132 valence electrons. The number of amides is 2. The number of rotatable bonds is 4. The lowest BCUT2D eigenvalue weighted by Crippen LogP contribution is -2.30. The van der Waals surface area contributed by atoms with Gasteiger partial charge in [0.2, 0.25) is 0 Å². The Kier molecular flexibility index (Phi) is 4.58. The number of nitrogens with one attached hydrogen (secondary N) is 2. The van der Waals surface area contributed by atoms with E-state index in [4.69, 9.17) is 0 Å². The topological polar surface area (TPSA) is 65.2 Å². The number of hydrogen-bond acceptors (Lipinski definition) is 3. The standard InChI is InChI=1S/C20H19N3O2S/c24-19(18-6-3-13-26-18)22-15-9-7-14(8-10-15)20(25)23-12-2-5-17(23)16-4-1-11-21-16/h1,3-4,6-11,13,17,21H,2,5,12H2,(H,22,24)/t17-/m0/s1. The zero-order valence-electron chi connectivity index (χ0n) is 14.1. The van der Waals surface area contributed by atoms with Gasteiger partial charge >= 0.3 is 0 Å². The average molecular weight is 365 g/mol. The first kappa shape index (κ1) is 16.6. The summed E-state index contributed by atoms with van der Waals surface area (Å²) < 4.78 is 0. The van der Waals surface area contributed by atoms with Crippen LogP contribution in [0.3, 0.4) is 0 Å². The van der Waals surface area contributed by atoms with Crippen molar-refractivity contribution in [2.24, 2.45) is 0 Å². The zero-order valence-corrected chi connectivity index (χ0v) is 15.0. The monoisotopic (exact) mass is 365 g/mol. The number of nitrogens with zero attached hydrogens (tertiary/aromatic N) is 1. The summed E-state index contributed by atoms with van der Waals surface area (Å²) in [7, 11) is 0. The van der Waals surface area contributed by atoms with Crippen LogP contribution in [0.4, 0.5) is 5.69 Å². The maximum atomic E-state index is 12.9. The first-order valence-electron chi connectivity index (χ1n) is 8.61. The molecule has 3 aromatic rings. The van der Waals surface area contributed by atoms with Gasteiger partial charge in [0.1, 0.15) is 0 Å². The molecule has 0 radical (unpaired) electrons. The van der Waals surface area contributed by atoms with Gasteiger partial charge < -0.3 is 15.2 Å². The predicted octanol–water partition coefficient (Wildman–Crippen LogP) is 4.31. The molecule has 2 N–H and O–H groups in total. The van der Waals surface area contributed by atoms with Crippen molar-refractivity contribution < 1.29 is 9.59 Å². The van der Waals surface area contributed by atoms with Crippen LogP contribution in [0.15, 0.2) is 60.1 Å². The fourth-order valence-electron chi connectivity index (χ4n) is 3.35. The minimum absolute atomic E-state index is 0.0261. The number of aromatic amines is 1. The lowest BCUT2D eigenvalue weighted by atomic mass is 10.1. The molecule has 26 heavy (non-hydrogen) atoms. The Morgan fingerprint density at radius 1 is 1.12 bits per heavy atom. The molecule has 0 spiro atoms. The Balaban J connectivity index is 1.46. The second kappa shape index (κ2) is 7.17. The maximum absolute atomic E-state index is 12.9. The highest BCUT2D eigenvalue weighted by Gasteiger charge is 2.31. The van der Waals surface area contributed by atoms with Gasteiger partial charge in [-0.25, -0.2) is 0 Å². The van der Waals surface area contributed by atoms with E-state index in [2.05, 4.69) is 10.3 Å². The van der Waals surface area contributed by atoms with Gasteiger partial charge in [0.25, 0.3) is 11.8 Å². The van der Waals surface area contributed by atoms with Gasteiger partial charge in [0, 0.05) is 29.7 Å². The third kappa shape index (κ3) is 3.28. The summed E-state index contributed by atoms with van der Waals surface area (Å²) in [5, 5.41) is 4.72. The predicted molar refractivity (Wildman–Crippen MR) is 103 cm³/mol. The molecule has 2 amide bonds. The molecule has 0 aliphatic carbocycles. The molecule has 1 aliphatic rings. The van der Waals surface area contributed by atoms with Crippen LogP contribution in [0.1, 0.15) is 44.6 Å². The average Bonchev–Trinajstić information content (AvgIpc) is 3.43. The normalized spacial score (nSPS) is 16.6. The molecule has 1 aliphatic heterocycles. The number of carbonyl (C=O) groups excluding carboxylic acids is 2. The Morgan fingerprint density at radius 3 is 2.65 bits per heavy atom. The van der Waals surface area contributed by atoms with Gasteiger partial charge in [-0.2, -0.15) is 0 Å². The van der Waals surface area contributed by atoms with Gasteiger partial charge in [-0.3, -0.25) is 9.59 Å². The van der Waals surface area contributed by atoms with E-state index in [-0.39, 0.29) is 17.9 Å². The minimum Gasteiger partial charge on any atom is -0.363 e. The van der Waals surface area contributed by atoms with E-state index in [0.29, 0.717) is 16.1 Å². The second-order valence-electron chi connectivity index (χ2n) is 6.29. The highest BCUT2D eigenvalue weighted by atomic mass is 32.1. The third-order valence-electron chi connectivity index (χ3n) is 4.63. The van der Waals surface area contributed by atoms with Gasteiger partial charge in [-0.05, 0) is 60.7 Å². The molecule has 1 atom stereocenters. The quantitative estimate of drug-likeness (QED) is 0.724. The molecular formula is C20H19N3O2S. The lowest BCUT2D eigenvalue weighted by Gasteiger charge is -2.24. The van der Waals surface area contributed by atoms with Gasteiger partial charge in [0.05, 0.1) is 10.9 Å². The summed E-state index contributed by atoms with van der Waals surface area (Å²) in [6.07, 6.45) is 3.87. The number of aromatic nitrogens is 1. The van der Waals surface area contributed by atoms with E-state index in [1.165, 1.54) is 11.3 Å². The Morgan fingerprint density at radius 2 is 1.96 bits per heavy atom. The first-order valence-corrected chi connectivity index (χ1v) is 9.49. The zero-order chi connectivity index (χ0) is 17.9. The van der Waals surface area contributed by atoms with Crippen LogP contribution in [-0.4, -0.2) is 28.2 Å².